The number of rotatable bonds is 4. The first-order valence-electron chi connectivity index (χ1n) is 5.69. The lowest BCUT2D eigenvalue weighted by Gasteiger charge is -2.09. The van der Waals surface area contributed by atoms with Crippen molar-refractivity contribution < 1.29 is 4.92 Å². The number of nitrogens with zero attached hydrogens (tertiary/aromatic N) is 3. The largest absolute Gasteiger partial charge is 0.388 e. The zero-order valence-electron chi connectivity index (χ0n) is 10.7. The normalized spacial score (nSPS) is 10.4. The van der Waals surface area contributed by atoms with Crippen LogP contribution in [0, 0.1) is 10.1 Å². The van der Waals surface area contributed by atoms with Crippen LogP contribution in [0.5, 0.6) is 0 Å². The van der Waals surface area contributed by atoms with Crippen molar-refractivity contribution in [3.05, 3.63) is 56.8 Å². The number of nitro benzene ring substituents is 1. The maximum absolute atomic E-state index is 11.8. The number of nitrogens with one attached hydrogen (secondary N) is 1. The zero-order chi connectivity index (χ0) is 14.0. The van der Waals surface area contributed by atoms with Gasteiger partial charge in [-0.1, -0.05) is 0 Å². The lowest BCUT2D eigenvalue weighted by molar-refractivity contribution is -0.384. The summed E-state index contributed by atoms with van der Waals surface area (Å²) in [5, 5.41) is 13.8. The molecule has 0 bridgehead atoms. The molecule has 0 unspecified atom stereocenters. The Hall–Kier alpha value is -2.57. The summed E-state index contributed by atoms with van der Waals surface area (Å²) in [5.74, 6) is 0. The average Bonchev–Trinajstić information content (AvgIpc) is 2.70. The predicted octanol–water partition coefficient (Wildman–Crippen LogP) is 1.18. The molecule has 1 heterocycles. The molecule has 100 valence electrons. The van der Waals surface area contributed by atoms with E-state index in [0.29, 0.717) is 5.56 Å². The molecule has 0 amide bonds. The summed E-state index contributed by atoms with van der Waals surface area (Å²) in [6.07, 6.45) is 3.30. The summed E-state index contributed by atoms with van der Waals surface area (Å²) in [6.45, 7) is 0.289. The summed E-state index contributed by atoms with van der Waals surface area (Å²) in [7, 11) is 3.39. The number of anilines is 1. The van der Waals surface area contributed by atoms with Crippen LogP contribution in [-0.4, -0.2) is 21.1 Å². The van der Waals surface area contributed by atoms with E-state index >= 15 is 0 Å². The van der Waals surface area contributed by atoms with E-state index < -0.39 is 4.92 Å². The minimum absolute atomic E-state index is 0.0120. The first-order chi connectivity index (χ1) is 9.02. The Balaban J connectivity index is 2.43. The van der Waals surface area contributed by atoms with E-state index in [0.717, 1.165) is 5.69 Å². The Morgan fingerprint density at radius 3 is 2.63 bits per heavy atom. The second-order valence-corrected chi connectivity index (χ2v) is 4.17. The molecule has 7 nitrogen and oxygen atoms in total. The molecule has 2 rings (SSSR count). The number of hydrogen-bond acceptors (Lipinski definition) is 4. The second kappa shape index (κ2) is 4.97. The van der Waals surface area contributed by atoms with Gasteiger partial charge in [-0.05, 0) is 6.07 Å². The van der Waals surface area contributed by atoms with Gasteiger partial charge in [0.05, 0.1) is 11.5 Å². The molecule has 0 saturated carbocycles. The van der Waals surface area contributed by atoms with E-state index in [4.69, 9.17) is 0 Å². The lowest BCUT2D eigenvalue weighted by atomic mass is 10.1. The first kappa shape index (κ1) is 12.9. The second-order valence-electron chi connectivity index (χ2n) is 4.17. The van der Waals surface area contributed by atoms with Crippen LogP contribution >= 0.6 is 0 Å². The highest BCUT2D eigenvalue weighted by Crippen LogP contribution is 2.22. The standard InChI is InChI=1S/C12H14N4O3/c1-13-11-4-3-10(16(18)19)7-9(11)8-15-6-5-14(2)12(15)17/h3-7,13H,8H2,1-2H3. The molecule has 1 aromatic carbocycles. The molecule has 1 aromatic heterocycles. The van der Waals surface area contributed by atoms with Crippen molar-refractivity contribution in [2.24, 2.45) is 7.05 Å². The number of non-ortho nitro benzene ring substituents is 1. The summed E-state index contributed by atoms with van der Waals surface area (Å²) in [4.78, 5) is 22.1. The minimum Gasteiger partial charge on any atom is -0.388 e. The Morgan fingerprint density at radius 2 is 2.11 bits per heavy atom. The number of imidazole rings is 1. The van der Waals surface area contributed by atoms with Crippen molar-refractivity contribution in [2.45, 2.75) is 6.54 Å². The minimum atomic E-state index is -0.448. The Labute approximate surface area is 109 Å². The molecule has 2 aromatic rings. The zero-order valence-corrected chi connectivity index (χ0v) is 10.7. The van der Waals surface area contributed by atoms with Crippen molar-refractivity contribution in [1.29, 1.82) is 0 Å². The number of aryl methyl sites for hydroxylation is 1. The summed E-state index contributed by atoms with van der Waals surface area (Å²) in [5.41, 5.74) is 1.32. The molecule has 19 heavy (non-hydrogen) atoms. The van der Waals surface area contributed by atoms with Crippen molar-refractivity contribution in [3.63, 3.8) is 0 Å². The number of hydrogen-bond donors (Lipinski definition) is 1. The topological polar surface area (TPSA) is 82.1 Å². The summed E-state index contributed by atoms with van der Waals surface area (Å²) < 4.78 is 2.95. The quantitative estimate of drug-likeness (QED) is 0.662. The molecular formula is C12H14N4O3. The molecule has 0 fully saturated rings. The molecular weight excluding hydrogens is 248 g/mol. The summed E-state index contributed by atoms with van der Waals surface area (Å²) >= 11 is 0. The third-order valence-corrected chi connectivity index (χ3v) is 2.93. The maximum atomic E-state index is 11.8. The fourth-order valence-electron chi connectivity index (χ4n) is 1.88. The molecule has 0 radical (unpaired) electrons. The van der Waals surface area contributed by atoms with Gasteiger partial charge in [0.25, 0.3) is 5.69 Å². The van der Waals surface area contributed by atoms with Gasteiger partial charge in [0, 0.05) is 49.9 Å². The number of benzene rings is 1. The van der Waals surface area contributed by atoms with E-state index in [9.17, 15) is 14.9 Å². The highest BCUT2D eigenvalue weighted by Gasteiger charge is 2.11. The molecule has 0 atom stereocenters. The van der Waals surface area contributed by atoms with Gasteiger partial charge in [-0.3, -0.25) is 14.7 Å². The van der Waals surface area contributed by atoms with Crippen LogP contribution in [0.3, 0.4) is 0 Å². The van der Waals surface area contributed by atoms with E-state index in [-0.39, 0.29) is 17.9 Å². The molecule has 0 aliphatic carbocycles. The molecule has 1 N–H and O–H groups in total. The van der Waals surface area contributed by atoms with Crippen molar-refractivity contribution in [3.8, 4) is 0 Å². The average molecular weight is 262 g/mol. The van der Waals surface area contributed by atoms with E-state index in [1.807, 2.05) is 0 Å². The van der Waals surface area contributed by atoms with Crippen molar-refractivity contribution >= 4 is 11.4 Å². The maximum Gasteiger partial charge on any atom is 0.328 e. The van der Waals surface area contributed by atoms with E-state index in [1.165, 1.54) is 21.3 Å². The Morgan fingerprint density at radius 1 is 1.37 bits per heavy atom. The van der Waals surface area contributed by atoms with Crippen molar-refractivity contribution in [1.82, 2.24) is 9.13 Å². The molecule has 0 spiro atoms. The van der Waals surface area contributed by atoms with Crippen LogP contribution in [0.25, 0.3) is 0 Å². The van der Waals surface area contributed by atoms with Gasteiger partial charge in [-0.15, -0.1) is 0 Å². The van der Waals surface area contributed by atoms with Crippen LogP contribution in [0.1, 0.15) is 5.56 Å². The fourth-order valence-corrected chi connectivity index (χ4v) is 1.88. The molecule has 7 heteroatoms. The SMILES string of the molecule is CNc1ccc([N+](=O)[O-])cc1Cn1ccn(C)c1=O. The van der Waals surface area contributed by atoms with E-state index in [1.54, 1.807) is 32.6 Å². The van der Waals surface area contributed by atoms with Crippen molar-refractivity contribution in [2.75, 3.05) is 12.4 Å². The van der Waals surface area contributed by atoms with Gasteiger partial charge in [-0.2, -0.15) is 0 Å². The van der Waals surface area contributed by atoms with E-state index in [2.05, 4.69) is 5.32 Å². The Bertz CT molecular complexity index is 672. The smallest absolute Gasteiger partial charge is 0.328 e. The van der Waals surface area contributed by atoms with Gasteiger partial charge in [0.1, 0.15) is 0 Å². The third-order valence-electron chi connectivity index (χ3n) is 2.93. The Kier molecular flexibility index (Phi) is 3.37. The van der Waals surface area contributed by atoms with Crippen LogP contribution < -0.4 is 11.0 Å². The van der Waals surface area contributed by atoms with Gasteiger partial charge >= 0.3 is 5.69 Å². The molecule has 0 saturated heterocycles. The van der Waals surface area contributed by atoms with Crippen LogP contribution in [0.4, 0.5) is 11.4 Å². The predicted molar refractivity (Wildman–Crippen MR) is 71.4 cm³/mol. The highest BCUT2D eigenvalue weighted by atomic mass is 16.6. The van der Waals surface area contributed by atoms with Crippen LogP contribution in [0.2, 0.25) is 0 Å². The molecule has 0 aliphatic heterocycles. The van der Waals surface area contributed by atoms with Gasteiger partial charge in [0.15, 0.2) is 0 Å². The third kappa shape index (κ3) is 2.49. The van der Waals surface area contributed by atoms with Crippen LogP contribution in [0.15, 0.2) is 35.4 Å². The monoisotopic (exact) mass is 262 g/mol. The van der Waals surface area contributed by atoms with Crippen LogP contribution in [-0.2, 0) is 13.6 Å². The molecule has 0 aliphatic rings. The lowest BCUT2D eigenvalue weighted by Crippen LogP contribution is -2.22. The highest BCUT2D eigenvalue weighted by molar-refractivity contribution is 5.55. The number of aromatic nitrogens is 2. The van der Waals surface area contributed by atoms with Gasteiger partial charge in [0.2, 0.25) is 0 Å². The number of nitro groups is 1. The van der Waals surface area contributed by atoms with Gasteiger partial charge in [-0.25, -0.2) is 4.79 Å². The fraction of sp³-hybridized carbons (Fsp3) is 0.250. The first-order valence-corrected chi connectivity index (χ1v) is 5.69. The summed E-state index contributed by atoms with van der Waals surface area (Å²) in [6, 6.07) is 4.55. The van der Waals surface area contributed by atoms with Gasteiger partial charge < -0.3 is 9.88 Å².